The van der Waals surface area contributed by atoms with Gasteiger partial charge < -0.3 is 4.90 Å². The summed E-state index contributed by atoms with van der Waals surface area (Å²) < 4.78 is 40.5. The summed E-state index contributed by atoms with van der Waals surface area (Å²) in [5, 5.41) is 2.06. The van der Waals surface area contributed by atoms with Crippen LogP contribution >= 0.6 is 11.3 Å². The maximum atomic E-state index is 13.2. The molecule has 6 nitrogen and oxygen atoms in total. The molecule has 2 aliphatic heterocycles. The van der Waals surface area contributed by atoms with Gasteiger partial charge in [-0.15, -0.1) is 11.3 Å². The van der Waals surface area contributed by atoms with Gasteiger partial charge in [-0.3, -0.25) is 9.69 Å². The van der Waals surface area contributed by atoms with Gasteiger partial charge in [0.25, 0.3) is 0 Å². The Hall–Kier alpha value is -1.81. The number of nitrogens with zero attached hydrogens (tertiary/aromatic N) is 3. The van der Waals surface area contributed by atoms with Crippen LogP contribution in [-0.4, -0.2) is 67.2 Å². The Balaban J connectivity index is 1.41. The lowest BCUT2D eigenvalue weighted by Gasteiger charge is -2.37. The molecule has 1 aromatic heterocycles. The highest BCUT2D eigenvalue weighted by molar-refractivity contribution is 7.89. The molecule has 0 spiro atoms. The van der Waals surface area contributed by atoms with Crippen LogP contribution in [0.5, 0.6) is 0 Å². The van der Waals surface area contributed by atoms with Crippen LogP contribution in [0.25, 0.3) is 0 Å². The van der Waals surface area contributed by atoms with Crippen molar-refractivity contribution < 1.29 is 17.6 Å². The molecule has 0 saturated carbocycles. The molecule has 1 amide bonds. The highest BCUT2D eigenvalue weighted by atomic mass is 32.2. The third-order valence-corrected chi connectivity index (χ3v) is 8.34. The molecule has 0 unspecified atom stereocenters. The summed E-state index contributed by atoms with van der Waals surface area (Å²) in [6, 6.07) is 8.25. The molecule has 3 heterocycles. The van der Waals surface area contributed by atoms with Gasteiger partial charge in [0.15, 0.2) is 0 Å². The normalized spacial score (nSPS) is 21.6. The zero-order valence-electron chi connectivity index (χ0n) is 16.0. The van der Waals surface area contributed by atoms with E-state index in [-0.39, 0.29) is 10.8 Å². The van der Waals surface area contributed by atoms with Crippen LogP contribution in [0.2, 0.25) is 0 Å². The summed E-state index contributed by atoms with van der Waals surface area (Å²) in [5.74, 6) is -0.609. The van der Waals surface area contributed by atoms with Crippen molar-refractivity contribution >= 4 is 27.3 Å². The minimum Gasteiger partial charge on any atom is -0.339 e. The Morgan fingerprint density at radius 1 is 1.07 bits per heavy atom. The fraction of sp³-hybridized carbons (Fsp3) is 0.450. The molecule has 2 aromatic rings. The van der Waals surface area contributed by atoms with E-state index < -0.39 is 21.9 Å². The maximum Gasteiger partial charge on any atom is 0.243 e. The van der Waals surface area contributed by atoms with Crippen LogP contribution in [0.4, 0.5) is 4.39 Å². The molecule has 1 aromatic carbocycles. The topological polar surface area (TPSA) is 60.9 Å². The Kier molecular flexibility index (Phi) is 6.00. The van der Waals surface area contributed by atoms with Gasteiger partial charge in [0, 0.05) is 44.1 Å². The Morgan fingerprint density at radius 2 is 1.79 bits per heavy atom. The smallest absolute Gasteiger partial charge is 0.243 e. The van der Waals surface area contributed by atoms with Crippen LogP contribution in [0.15, 0.2) is 46.7 Å². The van der Waals surface area contributed by atoms with Crippen molar-refractivity contribution in [1.82, 2.24) is 14.1 Å². The number of carbonyl (C=O) groups is 1. The summed E-state index contributed by atoms with van der Waals surface area (Å²) in [7, 11) is -3.82. The Morgan fingerprint density at radius 3 is 2.45 bits per heavy atom. The Labute approximate surface area is 174 Å². The molecule has 29 heavy (non-hydrogen) atoms. The number of carbonyl (C=O) groups excluding carboxylic acids is 1. The monoisotopic (exact) mass is 437 g/mol. The van der Waals surface area contributed by atoms with E-state index in [1.807, 2.05) is 6.07 Å². The number of benzene rings is 1. The maximum absolute atomic E-state index is 13.2. The zero-order valence-corrected chi connectivity index (χ0v) is 17.7. The summed E-state index contributed by atoms with van der Waals surface area (Å²) in [6.07, 6.45) is 1.17. The SMILES string of the molecule is O=C([C@H]1CCCN1S(=O)(=O)c1ccc(F)cc1)N1CCN(Cc2cccs2)CC1. The van der Waals surface area contributed by atoms with Crippen LogP contribution in [0.1, 0.15) is 17.7 Å². The molecular formula is C20H24FN3O3S2. The van der Waals surface area contributed by atoms with Crippen LogP contribution in [0, 0.1) is 5.82 Å². The number of halogens is 1. The first kappa shape index (κ1) is 20.5. The second-order valence-corrected chi connectivity index (χ2v) is 10.3. The van der Waals surface area contributed by atoms with Crippen molar-refractivity contribution in [3.63, 3.8) is 0 Å². The average molecular weight is 438 g/mol. The number of thiophene rings is 1. The van der Waals surface area contributed by atoms with Gasteiger partial charge >= 0.3 is 0 Å². The van der Waals surface area contributed by atoms with Crippen molar-refractivity contribution in [2.45, 2.75) is 30.3 Å². The van der Waals surface area contributed by atoms with Gasteiger partial charge in [0.05, 0.1) is 4.90 Å². The highest BCUT2D eigenvalue weighted by Gasteiger charge is 2.41. The number of sulfonamides is 1. The number of amides is 1. The summed E-state index contributed by atoms with van der Waals surface area (Å²) in [5.41, 5.74) is 0. The van der Waals surface area contributed by atoms with Gasteiger partial charge in [-0.25, -0.2) is 12.8 Å². The van der Waals surface area contributed by atoms with Crippen molar-refractivity contribution in [2.24, 2.45) is 0 Å². The minimum atomic E-state index is -3.82. The largest absolute Gasteiger partial charge is 0.339 e. The molecule has 2 fully saturated rings. The number of rotatable bonds is 5. The van der Waals surface area contributed by atoms with Crippen molar-refractivity contribution in [1.29, 1.82) is 0 Å². The molecule has 2 saturated heterocycles. The van der Waals surface area contributed by atoms with Crippen LogP contribution < -0.4 is 0 Å². The molecule has 0 N–H and O–H groups in total. The zero-order chi connectivity index (χ0) is 20.4. The Bertz CT molecular complexity index is 940. The first-order valence-electron chi connectivity index (χ1n) is 9.76. The predicted octanol–water partition coefficient (Wildman–Crippen LogP) is 2.38. The van der Waals surface area contributed by atoms with Gasteiger partial charge in [-0.2, -0.15) is 4.31 Å². The van der Waals surface area contributed by atoms with Crippen molar-refractivity contribution in [3.05, 3.63) is 52.5 Å². The van der Waals surface area contributed by atoms with E-state index in [1.165, 1.54) is 21.3 Å². The standard InChI is InChI=1S/C20H24FN3O3S2/c21-16-5-7-18(8-6-16)29(26,27)24-9-1-4-19(24)20(25)23-12-10-22(11-13-23)15-17-3-2-14-28-17/h2-3,5-8,14,19H,1,4,9-13,15H2/t19-/m1/s1. The molecule has 9 heteroatoms. The van der Waals surface area contributed by atoms with E-state index in [2.05, 4.69) is 16.3 Å². The van der Waals surface area contributed by atoms with E-state index in [9.17, 15) is 17.6 Å². The van der Waals surface area contributed by atoms with Crippen molar-refractivity contribution in [2.75, 3.05) is 32.7 Å². The first-order chi connectivity index (χ1) is 13.9. The third kappa shape index (κ3) is 4.37. The number of hydrogen-bond acceptors (Lipinski definition) is 5. The fourth-order valence-electron chi connectivity index (χ4n) is 3.98. The first-order valence-corrected chi connectivity index (χ1v) is 12.1. The average Bonchev–Trinajstić information content (AvgIpc) is 3.41. The molecule has 1 atom stereocenters. The lowest BCUT2D eigenvalue weighted by molar-refractivity contribution is -0.136. The molecule has 156 valence electrons. The van der Waals surface area contributed by atoms with Gasteiger partial charge in [-0.05, 0) is 48.6 Å². The van der Waals surface area contributed by atoms with Crippen molar-refractivity contribution in [3.8, 4) is 0 Å². The van der Waals surface area contributed by atoms with Crippen LogP contribution in [0.3, 0.4) is 0 Å². The van der Waals surface area contributed by atoms with Gasteiger partial charge in [0.1, 0.15) is 11.9 Å². The van der Waals surface area contributed by atoms with E-state index in [0.717, 1.165) is 31.8 Å². The molecule has 0 radical (unpaired) electrons. The lowest BCUT2D eigenvalue weighted by atomic mass is 10.2. The highest BCUT2D eigenvalue weighted by Crippen LogP contribution is 2.28. The molecule has 0 aliphatic carbocycles. The second kappa shape index (κ2) is 8.51. The van der Waals surface area contributed by atoms with Crippen LogP contribution in [-0.2, 0) is 21.4 Å². The summed E-state index contributed by atoms with van der Waals surface area (Å²) in [4.78, 5) is 18.5. The lowest BCUT2D eigenvalue weighted by Crippen LogP contribution is -2.54. The molecular weight excluding hydrogens is 413 g/mol. The number of piperazine rings is 1. The summed E-state index contributed by atoms with van der Waals surface area (Å²) >= 11 is 1.73. The number of hydrogen-bond donors (Lipinski definition) is 0. The quantitative estimate of drug-likeness (QED) is 0.721. The molecule has 4 rings (SSSR count). The minimum absolute atomic E-state index is 0.0272. The molecule has 2 aliphatic rings. The fourth-order valence-corrected chi connectivity index (χ4v) is 6.37. The van der Waals surface area contributed by atoms with Gasteiger partial charge in [-0.1, -0.05) is 6.07 Å². The van der Waals surface area contributed by atoms with E-state index in [1.54, 1.807) is 16.2 Å². The molecule has 0 bridgehead atoms. The predicted molar refractivity (Wildman–Crippen MR) is 109 cm³/mol. The van der Waals surface area contributed by atoms with Gasteiger partial charge in [0.2, 0.25) is 15.9 Å². The van der Waals surface area contributed by atoms with E-state index in [4.69, 9.17) is 0 Å². The van der Waals surface area contributed by atoms with E-state index >= 15 is 0 Å². The summed E-state index contributed by atoms with van der Waals surface area (Å²) in [6.45, 7) is 3.96. The second-order valence-electron chi connectivity index (χ2n) is 7.41. The third-order valence-electron chi connectivity index (χ3n) is 5.55. The van der Waals surface area contributed by atoms with E-state index in [0.29, 0.717) is 32.5 Å².